The molecule has 0 saturated heterocycles. The lowest BCUT2D eigenvalue weighted by Crippen LogP contribution is -2.30. The number of nitrogens with two attached hydrogens (primary N) is 2. The first kappa shape index (κ1) is 12.8. The van der Waals surface area contributed by atoms with E-state index >= 15 is 0 Å². The molecule has 0 aliphatic rings. The van der Waals surface area contributed by atoms with E-state index in [1.807, 2.05) is 0 Å². The van der Waals surface area contributed by atoms with Crippen molar-refractivity contribution in [3.63, 3.8) is 0 Å². The van der Waals surface area contributed by atoms with Gasteiger partial charge in [-0.15, -0.1) is 13.2 Å². The normalized spacial score (nSPS) is 15.6. The van der Waals surface area contributed by atoms with Gasteiger partial charge >= 0.3 is 6.36 Å². The Bertz CT molecular complexity index is 335. The van der Waals surface area contributed by atoms with Crippen LogP contribution in [0.5, 0.6) is 5.75 Å². The molecular weight excluding hydrogens is 221 g/mol. The predicted octanol–water partition coefficient (Wildman–Crippen LogP) is 1.93. The van der Waals surface area contributed by atoms with Crippen LogP contribution in [0.15, 0.2) is 24.3 Å². The van der Waals surface area contributed by atoms with Crippen molar-refractivity contribution in [2.45, 2.75) is 25.4 Å². The molecular formula is C10H13F3N2O. The largest absolute Gasteiger partial charge is 0.573 e. The number of ether oxygens (including phenoxy) is 1. The molecule has 1 unspecified atom stereocenters. The Morgan fingerprint density at radius 1 is 1.12 bits per heavy atom. The molecule has 1 rings (SSSR count). The fourth-order valence-electron chi connectivity index (χ4n) is 1.20. The van der Waals surface area contributed by atoms with Crippen molar-refractivity contribution in [2.75, 3.05) is 0 Å². The molecule has 0 saturated carbocycles. The van der Waals surface area contributed by atoms with Gasteiger partial charge in [-0.3, -0.25) is 0 Å². The first-order chi connectivity index (χ1) is 7.29. The number of hydrogen-bond acceptors (Lipinski definition) is 3. The molecule has 1 aromatic carbocycles. The lowest BCUT2D eigenvalue weighted by Gasteiger charge is -2.16. The molecule has 16 heavy (non-hydrogen) atoms. The Morgan fingerprint density at radius 3 is 2.00 bits per heavy atom. The fourth-order valence-corrected chi connectivity index (χ4v) is 1.20. The van der Waals surface area contributed by atoms with E-state index in [0.29, 0.717) is 5.56 Å². The van der Waals surface area contributed by atoms with E-state index in [1.165, 1.54) is 24.3 Å². The van der Waals surface area contributed by atoms with Gasteiger partial charge in [0.25, 0.3) is 0 Å². The molecule has 0 bridgehead atoms. The zero-order chi connectivity index (χ0) is 12.3. The SMILES string of the molecule is CC(N)[C@@H](N)c1ccc(OC(F)(F)F)cc1. The molecule has 0 radical (unpaired) electrons. The van der Waals surface area contributed by atoms with E-state index < -0.39 is 12.4 Å². The molecule has 1 aromatic rings. The maximum absolute atomic E-state index is 11.9. The van der Waals surface area contributed by atoms with Crippen molar-refractivity contribution in [3.8, 4) is 5.75 Å². The Labute approximate surface area is 91.2 Å². The molecule has 0 amide bonds. The van der Waals surface area contributed by atoms with E-state index in [0.717, 1.165) is 0 Å². The number of halogens is 3. The first-order valence-electron chi connectivity index (χ1n) is 4.66. The molecule has 0 fully saturated rings. The topological polar surface area (TPSA) is 61.3 Å². The second-order valence-electron chi connectivity index (χ2n) is 3.50. The van der Waals surface area contributed by atoms with Crippen LogP contribution in [-0.4, -0.2) is 12.4 Å². The lowest BCUT2D eigenvalue weighted by molar-refractivity contribution is -0.274. The van der Waals surface area contributed by atoms with E-state index in [4.69, 9.17) is 11.5 Å². The van der Waals surface area contributed by atoms with Crippen LogP contribution < -0.4 is 16.2 Å². The third kappa shape index (κ3) is 3.71. The van der Waals surface area contributed by atoms with Crippen LogP contribution in [0.25, 0.3) is 0 Å². The maximum atomic E-state index is 11.9. The van der Waals surface area contributed by atoms with Gasteiger partial charge < -0.3 is 16.2 Å². The maximum Gasteiger partial charge on any atom is 0.573 e. The van der Waals surface area contributed by atoms with Crippen LogP contribution in [-0.2, 0) is 0 Å². The van der Waals surface area contributed by atoms with Crippen molar-refractivity contribution in [1.82, 2.24) is 0 Å². The quantitative estimate of drug-likeness (QED) is 0.840. The summed E-state index contributed by atoms with van der Waals surface area (Å²) in [6.07, 6.45) is -4.68. The highest BCUT2D eigenvalue weighted by atomic mass is 19.4. The molecule has 0 aliphatic carbocycles. The van der Waals surface area contributed by atoms with Gasteiger partial charge in [0.15, 0.2) is 0 Å². The van der Waals surface area contributed by atoms with E-state index in [1.54, 1.807) is 6.92 Å². The zero-order valence-corrected chi connectivity index (χ0v) is 8.66. The van der Waals surface area contributed by atoms with Crippen LogP contribution in [0.3, 0.4) is 0 Å². The molecule has 90 valence electrons. The fraction of sp³-hybridized carbons (Fsp3) is 0.400. The van der Waals surface area contributed by atoms with Gasteiger partial charge in [-0.25, -0.2) is 0 Å². The average Bonchev–Trinajstić information content (AvgIpc) is 2.15. The molecule has 3 nitrogen and oxygen atoms in total. The van der Waals surface area contributed by atoms with Gasteiger partial charge in [0.1, 0.15) is 5.75 Å². The predicted molar refractivity (Wildman–Crippen MR) is 53.7 cm³/mol. The summed E-state index contributed by atoms with van der Waals surface area (Å²) >= 11 is 0. The molecule has 0 aromatic heterocycles. The van der Waals surface area contributed by atoms with Crippen molar-refractivity contribution >= 4 is 0 Å². The minimum absolute atomic E-state index is 0.269. The number of benzene rings is 1. The molecule has 0 heterocycles. The van der Waals surface area contributed by atoms with Gasteiger partial charge in [0.05, 0.1) is 0 Å². The Morgan fingerprint density at radius 2 is 1.62 bits per heavy atom. The van der Waals surface area contributed by atoms with Crippen LogP contribution in [0.4, 0.5) is 13.2 Å². The van der Waals surface area contributed by atoms with E-state index in [2.05, 4.69) is 4.74 Å². The summed E-state index contributed by atoms with van der Waals surface area (Å²) in [4.78, 5) is 0. The molecule has 0 aliphatic heterocycles. The summed E-state index contributed by atoms with van der Waals surface area (Å²) in [5, 5.41) is 0. The van der Waals surface area contributed by atoms with Gasteiger partial charge in [0, 0.05) is 12.1 Å². The van der Waals surface area contributed by atoms with Crippen LogP contribution in [0.2, 0.25) is 0 Å². The molecule has 6 heteroatoms. The first-order valence-corrected chi connectivity index (χ1v) is 4.66. The third-order valence-corrected chi connectivity index (χ3v) is 2.07. The van der Waals surface area contributed by atoms with E-state index in [9.17, 15) is 13.2 Å². The summed E-state index contributed by atoms with van der Waals surface area (Å²) in [6.45, 7) is 1.73. The monoisotopic (exact) mass is 234 g/mol. The van der Waals surface area contributed by atoms with Crippen molar-refractivity contribution < 1.29 is 17.9 Å². The van der Waals surface area contributed by atoms with Gasteiger partial charge in [0.2, 0.25) is 0 Å². The summed E-state index contributed by atoms with van der Waals surface area (Å²) in [6, 6.07) is 4.69. The summed E-state index contributed by atoms with van der Waals surface area (Å²) in [5.41, 5.74) is 12.0. The van der Waals surface area contributed by atoms with Crippen LogP contribution in [0.1, 0.15) is 18.5 Å². The molecule has 0 spiro atoms. The van der Waals surface area contributed by atoms with Crippen molar-refractivity contribution in [1.29, 1.82) is 0 Å². The number of rotatable bonds is 3. The number of alkyl halides is 3. The summed E-state index contributed by atoms with van der Waals surface area (Å²) in [7, 11) is 0. The Kier molecular flexibility index (Phi) is 3.77. The summed E-state index contributed by atoms with van der Waals surface area (Å²) < 4.78 is 39.3. The van der Waals surface area contributed by atoms with Gasteiger partial charge in [-0.2, -0.15) is 0 Å². The Balaban J connectivity index is 2.76. The highest BCUT2D eigenvalue weighted by Gasteiger charge is 2.31. The second kappa shape index (κ2) is 4.71. The summed E-state index contributed by atoms with van der Waals surface area (Å²) in [5.74, 6) is -0.270. The average molecular weight is 234 g/mol. The number of hydrogen-bond donors (Lipinski definition) is 2. The van der Waals surface area contributed by atoms with Crippen LogP contribution in [0, 0.1) is 0 Å². The third-order valence-electron chi connectivity index (χ3n) is 2.07. The van der Waals surface area contributed by atoms with E-state index in [-0.39, 0.29) is 11.8 Å². The van der Waals surface area contributed by atoms with Crippen molar-refractivity contribution in [3.05, 3.63) is 29.8 Å². The Hall–Kier alpha value is -1.27. The van der Waals surface area contributed by atoms with Gasteiger partial charge in [-0.1, -0.05) is 12.1 Å². The highest BCUT2D eigenvalue weighted by Crippen LogP contribution is 2.24. The smallest absolute Gasteiger partial charge is 0.406 e. The van der Waals surface area contributed by atoms with Crippen molar-refractivity contribution in [2.24, 2.45) is 11.5 Å². The lowest BCUT2D eigenvalue weighted by atomic mass is 10.0. The second-order valence-corrected chi connectivity index (χ2v) is 3.50. The minimum atomic E-state index is -4.68. The zero-order valence-electron chi connectivity index (χ0n) is 8.66. The molecule has 2 atom stereocenters. The van der Waals surface area contributed by atoms with Crippen LogP contribution >= 0.6 is 0 Å². The minimum Gasteiger partial charge on any atom is -0.406 e. The standard InChI is InChI=1S/C10H13F3N2O/c1-6(14)9(15)7-2-4-8(5-3-7)16-10(11,12)13/h2-6,9H,14-15H2,1H3/t6?,9-/m1/s1. The highest BCUT2D eigenvalue weighted by molar-refractivity contribution is 5.29. The van der Waals surface area contributed by atoms with Gasteiger partial charge in [-0.05, 0) is 24.6 Å². The molecule has 4 N–H and O–H groups in total.